The number of carbonyl (C=O) groups is 1. The molecule has 10 nitrogen and oxygen atoms in total. The van der Waals surface area contributed by atoms with Gasteiger partial charge in [-0.2, -0.15) is 10.4 Å². The van der Waals surface area contributed by atoms with Crippen LogP contribution >= 0.6 is 0 Å². The van der Waals surface area contributed by atoms with E-state index in [0.29, 0.717) is 54.4 Å². The number of benzene rings is 2. The molecule has 2 aromatic carbocycles. The van der Waals surface area contributed by atoms with E-state index in [1.807, 2.05) is 32.0 Å². The van der Waals surface area contributed by atoms with Gasteiger partial charge >= 0.3 is 0 Å². The van der Waals surface area contributed by atoms with Crippen molar-refractivity contribution in [1.29, 1.82) is 5.26 Å². The molecule has 4 heterocycles. The first-order valence-electron chi connectivity index (χ1n) is 15.2. The summed E-state index contributed by atoms with van der Waals surface area (Å²) in [6.07, 6.45) is 4.91. The van der Waals surface area contributed by atoms with Crippen LogP contribution in [0.2, 0.25) is 0 Å². The molecule has 2 saturated heterocycles. The maximum atomic E-state index is 15.6. The van der Waals surface area contributed by atoms with Gasteiger partial charge in [0, 0.05) is 43.0 Å². The molecule has 0 spiro atoms. The van der Waals surface area contributed by atoms with Gasteiger partial charge in [-0.05, 0) is 63.1 Å². The number of fused-ring (bicyclic) bond motifs is 1. The zero-order valence-electron chi connectivity index (χ0n) is 25.4. The van der Waals surface area contributed by atoms with Crippen LogP contribution in [0.15, 0.2) is 72.4 Å². The van der Waals surface area contributed by atoms with Crippen LogP contribution in [0.1, 0.15) is 26.7 Å². The lowest BCUT2D eigenvalue weighted by molar-refractivity contribution is -0.127. The molecule has 0 unspecified atom stereocenters. The highest BCUT2D eigenvalue weighted by Crippen LogP contribution is 2.35. The van der Waals surface area contributed by atoms with Gasteiger partial charge in [-0.15, -0.1) is 0 Å². The Labute approximate surface area is 261 Å². The third kappa shape index (κ3) is 6.25. The molecular weight excluding hydrogens is 573 g/mol. The largest absolute Gasteiger partial charge is 0.457 e. The summed E-state index contributed by atoms with van der Waals surface area (Å²) >= 11 is 0. The molecule has 2 fully saturated rings. The van der Waals surface area contributed by atoms with Crippen LogP contribution in [-0.2, 0) is 16.1 Å². The van der Waals surface area contributed by atoms with Gasteiger partial charge in [-0.1, -0.05) is 18.2 Å². The predicted octanol–water partition coefficient (Wildman–Crippen LogP) is 5.16. The molecule has 232 valence electrons. The number of aromatic nitrogens is 3. The van der Waals surface area contributed by atoms with E-state index in [2.05, 4.69) is 16.0 Å². The van der Waals surface area contributed by atoms with Gasteiger partial charge in [-0.25, -0.2) is 9.37 Å². The van der Waals surface area contributed by atoms with E-state index >= 15 is 4.39 Å². The van der Waals surface area contributed by atoms with E-state index in [9.17, 15) is 10.1 Å². The number of halogens is 1. The number of hydrogen-bond acceptors (Lipinski definition) is 8. The van der Waals surface area contributed by atoms with Crippen molar-refractivity contribution < 1.29 is 18.7 Å². The summed E-state index contributed by atoms with van der Waals surface area (Å²) in [5.41, 5.74) is 7.27. The number of amides is 1. The molecular formula is C34H36FN7O3. The van der Waals surface area contributed by atoms with Crippen LogP contribution in [0, 0.1) is 17.1 Å². The second-order valence-corrected chi connectivity index (χ2v) is 11.9. The molecule has 2 aromatic heterocycles. The monoisotopic (exact) mass is 609 g/mol. The van der Waals surface area contributed by atoms with Crippen LogP contribution in [0.25, 0.3) is 22.2 Å². The predicted molar refractivity (Wildman–Crippen MR) is 169 cm³/mol. The Bertz CT molecular complexity index is 1770. The first-order valence-corrected chi connectivity index (χ1v) is 15.2. The van der Waals surface area contributed by atoms with E-state index in [0.717, 1.165) is 25.9 Å². The fraction of sp³-hybridized carbons (Fsp3) is 0.353. The van der Waals surface area contributed by atoms with Crippen molar-refractivity contribution in [2.45, 2.75) is 44.8 Å². The van der Waals surface area contributed by atoms with Gasteiger partial charge in [0.15, 0.2) is 0 Å². The summed E-state index contributed by atoms with van der Waals surface area (Å²) in [7, 11) is 0. The summed E-state index contributed by atoms with van der Waals surface area (Å²) in [5, 5.41) is 15.4. The number of likely N-dealkylation sites (tertiary alicyclic amines) is 1. The van der Waals surface area contributed by atoms with E-state index in [1.54, 1.807) is 52.2 Å². The highest BCUT2D eigenvalue weighted by Gasteiger charge is 2.34. The number of para-hydroxylation sites is 1. The SMILES string of the molecule is CC(C)(C=C(C#N)C(=O)N1CCC[C@H]1Cn1nc(-c2ccc(Oc3ccccc3)cc2F)c2c(N)nccc21)N1CCOCC1. The maximum absolute atomic E-state index is 15.6. The maximum Gasteiger partial charge on any atom is 0.264 e. The average Bonchev–Trinajstić information content (AvgIpc) is 3.66. The molecule has 11 heteroatoms. The number of nitriles is 1. The number of nitrogens with zero attached hydrogens (tertiary/aromatic N) is 6. The van der Waals surface area contributed by atoms with Gasteiger partial charge in [-0.3, -0.25) is 14.4 Å². The second-order valence-electron chi connectivity index (χ2n) is 11.9. The molecule has 2 N–H and O–H groups in total. The number of nitrogens with two attached hydrogens (primary N) is 1. The van der Waals surface area contributed by atoms with E-state index in [-0.39, 0.29) is 28.9 Å². The van der Waals surface area contributed by atoms with E-state index in [4.69, 9.17) is 20.3 Å². The van der Waals surface area contributed by atoms with Crippen LogP contribution < -0.4 is 10.5 Å². The van der Waals surface area contributed by atoms with Gasteiger partial charge in [0.05, 0.1) is 36.7 Å². The molecule has 0 radical (unpaired) electrons. The zero-order valence-corrected chi connectivity index (χ0v) is 25.4. The fourth-order valence-corrected chi connectivity index (χ4v) is 6.23. The standard InChI is InChI=1S/C34H36FN7O3/c1-34(2,40-15-17-44-18-16-40)20-23(21-36)33(43)41-14-6-7-24(41)22-42-29-12-13-38-32(37)30(29)31(39-42)27-11-10-26(19-28(27)35)45-25-8-4-3-5-9-25/h3-5,8-13,19-20,24H,6-7,14-18,22H2,1-2H3,(H2,37,38)/t24-/m0/s1. The van der Waals surface area contributed by atoms with Crippen molar-refractivity contribution >= 4 is 22.6 Å². The summed E-state index contributed by atoms with van der Waals surface area (Å²) in [6.45, 7) is 7.63. The Morgan fingerprint density at radius 3 is 2.67 bits per heavy atom. The van der Waals surface area contributed by atoms with Crippen molar-refractivity contribution in [2.75, 3.05) is 38.6 Å². The molecule has 6 rings (SSSR count). The summed E-state index contributed by atoms with van der Waals surface area (Å²) in [6, 6.07) is 17.5. The fourth-order valence-electron chi connectivity index (χ4n) is 6.23. The lowest BCUT2D eigenvalue weighted by Crippen LogP contribution is -2.49. The van der Waals surface area contributed by atoms with E-state index in [1.165, 1.54) is 6.07 Å². The number of hydrogen-bond donors (Lipinski definition) is 1. The first kappa shape index (κ1) is 30.2. The number of pyridine rings is 1. The normalized spacial score (nSPS) is 17.9. The van der Waals surface area contributed by atoms with Gasteiger partial charge < -0.3 is 20.1 Å². The third-order valence-corrected chi connectivity index (χ3v) is 8.56. The second kappa shape index (κ2) is 12.7. The topological polar surface area (TPSA) is 123 Å². The number of ether oxygens (including phenoxy) is 2. The van der Waals surface area contributed by atoms with E-state index < -0.39 is 11.4 Å². The van der Waals surface area contributed by atoms with Crippen LogP contribution in [-0.4, -0.2) is 74.9 Å². The molecule has 1 amide bonds. The Hall–Kier alpha value is -4.79. The van der Waals surface area contributed by atoms with Crippen molar-refractivity contribution in [3.63, 3.8) is 0 Å². The molecule has 2 aliphatic heterocycles. The summed E-state index contributed by atoms with van der Waals surface area (Å²) < 4.78 is 28.6. The highest BCUT2D eigenvalue weighted by atomic mass is 19.1. The molecule has 0 saturated carbocycles. The van der Waals surface area contributed by atoms with Crippen LogP contribution in [0.5, 0.6) is 11.5 Å². The quantitative estimate of drug-likeness (QED) is 0.215. The minimum absolute atomic E-state index is 0.123. The highest BCUT2D eigenvalue weighted by molar-refractivity contribution is 6.00. The van der Waals surface area contributed by atoms with Gasteiger partial charge in [0.2, 0.25) is 0 Å². The number of nitrogen functional groups attached to an aromatic ring is 1. The molecule has 0 bridgehead atoms. The summed E-state index contributed by atoms with van der Waals surface area (Å²) in [5.74, 6) is 0.386. The Morgan fingerprint density at radius 2 is 1.93 bits per heavy atom. The molecule has 4 aromatic rings. The average molecular weight is 610 g/mol. The number of rotatable bonds is 8. The molecule has 2 aliphatic rings. The number of carbonyl (C=O) groups excluding carboxylic acids is 1. The minimum atomic E-state index is -0.511. The van der Waals surface area contributed by atoms with Gasteiger partial charge in [0.25, 0.3) is 5.91 Å². The number of morpholine rings is 1. The Balaban J connectivity index is 1.28. The Kier molecular flexibility index (Phi) is 8.52. The third-order valence-electron chi connectivity index (χ3n) is 8.56. The van der Waals surface area contributed by atoms with Crippen molar-refractivity contribution in [3.8, 4) is 28.8 Å². The first-order chi connectivity index (χ1) is 21.7. The molecule has 1 atom stereocenters. The van der Waals surface area contributed by atoms with Crippen molar-refractivity contribution in [1.82, 2.24) is 24.6 Å². The lowest BCUT2D eigenvalue weighted by atomic mass is 9.97. The molecule has 45 heavy (non-hydrogen) atoms. The van der Waals surface area contributed by atoms with Crippen LogP contribution in [0.4, 0.5) is 10.2 Å². The summed E-state index contributed by atoms with van der Waals surface area (Å²) in [4.78, 5) is 22.0. The molecule has 0 aliphatic carbocycles. The minimum Gasteiger partial charge on any atom is -0.457 e. The number of anilines is 1. The van der Waals surface area contributed by atoms with Crippen LogP contribution in [0.3, 0.4) is 0 Å². The van der Waals surface area contributed by atoms with Gasteiger partial charge in [0.1, 0.15) is 40.5 Å². The van der Waals surface area contributed by atoms with Crippen molar-refractivity contribution in [2.24, 2.45) is 0 Å². The lowest BCUT2D eigenvalue weighted by Gasteiger charge is -2.39. The van der Waals surface area contributed by atoms with Crippen molar-refractivity contribution in [3.05, 3.63) is 78.3 Å². The Morgan fingerprint density at radius 1 is 1.16 bits per heavy atom. The smallest absolute Gasteiger partial charge is 0.264 e. The zero-order chi connectivity index (χ0) is 31.6.